The number of aliphatic hydroxyl groups excluding tert-OH is 2. The molecule has 0 bridgehead atoms. The van der Waals surface area contributed by atoms with E-state index in [0.717, 1.165) is 17.5 Å². The van der Waals surface area contributed by atoms with Crippen molar-refractivity contribution in [3.8, 4) is 11.8 Å². The van der Waals surface area contributed by atoms with Crippen LogP contribution < -0.4 is 10.6 Å². The molecule has 0 aliphatic carbocycles. The molecule has 11 nitrogen and oxygen atoms in total. The van der Waals surface area contributed by atoms with Gasteiger partial charge in [0.2, 0.25) is 5.95 Å². The first-order valence-electron chi connectivity index (χ1n) is 12.4. The Kier molecular flexibility index (Phi) is 8.09. The van der Waals surface area contributed by atoms with E-state index in [1.165, 1.54) is 9.75 Å². The lowest BCUT2D eigenvalue weighted by Crippen LogP contribution is -2.33. The van der Waals surface area contributed by atoms with Gasteiger partial charge in [-0.05, 0) is 23.8 Å². The molecule has 198 valence electrons. The molecule has 1 aliphatic rings. The van der Waals surface area contributed by atoms with Gasteiger partial charge in [-0.1, -0.05) is 48.2 Å². The summed E-state index contributed by atoms with van der Waals surface area (Å²) in [5, 5.41) is 29.9. The number of anilines is 3. The molecule has 2 amide bonds. The van der Waals surface area contributed by atoms with Crippen molar-refractivity contribution in [2.24, 2.45) is 0 Å². The van der Waals surface area contributed by atoms with E-state index < -0.39 is 6.10 Å². The molecular formula is C28H27N7O4. The second-order valence-corrected chi connectivity index (χ2v) is 8.84. The second kappa shape index (κ2) is 12.2. The van der Waals surface area contributed by atoms with E-state index in [0.29, 0.717) is 29.5 Å². The number of aliphatic hydroxyl groups is 2. The normalized spacial score (nSPS) is 15.3. The van der Waals surface area contributed by atoms with Crippen LogP contribution >= 0.6 is 0 Å². The Labute approximate surface area is 225 Å². The van der Waals surface area contributed by atoms with Crippen molar-refractivity contribution in [2.45, 2.75) is 25.1 Å². The molecule has 0 saturated carbocycles. The molecule has 1 saturated heterocycles. The first-order chi connectivity index (χ1) is 19.1. The summed E-state index contributed by atoms with van der Waals surface area (Å²) >= 11 is 0. The Morgan fingerprint density at radius 1 is 1.05 bits per heavy atom. The summed E-state index contributed by atoms with van der Waals surface area (Å²) in [5.41, 5.74) is 3.62. The first kappa shape index (κ1) is 25.9. The molecule has 1 fully saturated rings. The Morgan fingerprint density at radius 2 is 1.85 bits per heavy atom. The molecule has 4 N–H and O–H groups in total. The quantitative estimate of drug-likeness (QED) is 0.270. The van der Waals surface area contributed by atoms with Crippen LogP contribution in [-0.2, 0) is 11.4 Å². The van der Waals surface area contributed by atoms with Crippen LogP contribution in [0.1, 0.15) is 29.2 Å². The number of carbonyl (C=O) groups excluding carboxylic acids is 1. The van der Waals surface area contributed by atoms with E-state index >= 15 is 0 Å². The van der Waals surface area contributed by atoms with Crippen LogP contribution in [0.25, 0.3) is 0 Å². The van der Waals surface area contributed by atoms with Gasteiger partial charge in [-0.2, -0.15) is 10.2 Å². The van der Waals surface area contributed by atoms with Gasteiger partial charge in [-0.15, -0.1) is 0 Å². The highest BCUT2D eigenvalue weighted by Crippen LogP contribution is 2.30. The minimum absolute atomic E-state index is 0.137. The van der Waals surface area contributed by atoms with Crippen LogP contribution in [0.15, 0.2) is 79.4 Å². The van der Waals surface area contributed by atoms with Crippen molar-refractivity contribution in [2.75, 3.05) is 23.8 Å². The number of nitrogens with one attached hydrogen (secondary N) is 2. The van der Waals surface area contributed by atoms with Gasteiger partial charge < -0.3 is 20.8 Å². The van der Waals surface area contributed by atoms with Crippen molar-refractivity contribution in [1.29, 1.82) is 0 Å². The molecule has 1 aliphatic heterocycles. The van der Waals surface area contributed by atoms with E-state index in [9.17, 15) is 9.90 Å². The molecule has 2 atom stereocenters. The lowest BCUT2D eigenvalue weighted by atomic mass is 10.1. The fraction of sp³-hybridized carbons (Fsp3) is 0.214. The van der Waals surface area contributed by atoms with Crippen LogP contribution in [0.2, 0.25) is 0 Å². The highest BCUT2D eigenvalue weighted by atomic mass is 16.7. The number of amides is 2. The molecule has 0 unspecified atom stereocenters. The van der Waals surface area contributed by atoms with E-state index in [1.807, 2.05) is 42.5 Å². The molecule has 11 heteroatoms. The number of nitrogens with zero attached hydrogens (tertiary/aromatic N) is 5. The third kappa shape index (κ3) is 6.77. The molecule has 0 radical (unpaired) electrons. The average Bonchev–Trinajstić information content (AvgIpc) is 3.63. The lowest BCUT2D eigenvalue weighted by molar-refractivity contribution is -0.0829. The predicted octanol–water partition coefficient (Wildman–Crippen LogP) is 3.08. The largest absolute Gasteiger partial charge is 0.394 e. The molecule has 0 spiro atoms. The van der Waals surface area contributed by atoms with E-state index in [1.54, 1.807) is 36.9 Å². The molecular weight excluding hydrogens is 498 g/mol. The van der Waals surface area contributed by atoms with Gasteiger partial charge in [0.25, 0.3) is 0 Å². The van der Waals surface area contributed by atoms with Crippen molar-refractivity contribution >= 4 is 23.4 Å². The van der Waals surface area contributed by atoms with Crippen LogP contribution in [0.4, 0.5) is 22.1 Å². The van der Waals surface area contributed by atoms with Gasteiger partial charge in [0, 0.05) is 36.3 Å². The molecule has 2 aromatic carbocycles. The summed E-state index contributed by atoms with van der Waals surface area (Å²) in [7, 11) is 0. The topological polar surface area (TPSA) is 138 Å². The fourth-order valence-corrected chi connectivity index (χ4v) is 4.03. The fourth-order valence-electron chi connectivity index (χ4n) is 4.03. The standard InChI is InChI=1S/C28H27N7O4/c36-19-25(37)18-34-17-24(16-31-34)32-27-29-14-21(15-30-27)10-9-20-5-4-8-23(13-20)33-28(38)35-26(11-12-39-35)22-6-2-1-3-7-22/h1-8,13-17,25-26,36-37H,11-12,18-19H2,(H,33,38)(H,29,30,32)/t25-,26+/m1/s1. The Bertz CT molecular complexity index is 1460. The maximum absolute atomic E-state index is 12.9. The van der Waals surface area contributed by atoms with Crippen molar-refractivity contribution < 1.29 is 19.8 Å². The summed E-state index contributed by atoms with van der Waals surface area (Å²) in [5.74, 6) is 6.47. The minimum Gasteiger partial charge on any atom is -0.394 e. The average molecular weight is 526 g/mol. The number of benzene rings is 2. The van der Waals surface area contributed by atoms with Gasteiger partial charge in [-0.25, -0.2) is 14.8 Å². The van der Waals surface area contributed by atoms with Crippen molar-refractivity contribution in [3.63, 3.8) is 0 Å². The monoisotopic (exact) mass is 525 g/mol. The van der Waals surface area contributed by atoms with Crippen LogP contribution in [-0.4, -0.2) is 60.4 Å². The second-order valence-electron chi connectivity index (χ2n) is 8.84. The first-order valence-corrected chi connectivity index (χ1v) is 12.4. The highest BCUT2D eigenvalue weighted by molar-refractivity contribution is 5.89. The zero-order chi connectivity index (χ0) is 27.0. The Balaban J connectivity index is 1.19. The van der Waals surface area contributed by atoms with E-state index in [2.05, 4.69) is 37.5 Å². The number of urea groups is 1. The number of rotatable bonds is 7. The zero-order valence-corrected chi connectivity index (χ0v) is 20.9. The van der Waals surface area contributed by atoms with Crippen molar-refractivity contribution in [3.05, 3.63) is 96.1 Å². The van der Waals surface area contributed by atoms with Gasteiger partial charge in [0.05, 0.1) is 49.4 Å². The summed E-state index contributed by atoms with van der Waals surface area (Å²) in [6.07, 6.45) is 6.31. The zero-order valence-electron chi connectivity index (χ0n) is 20.9. The molecule has 39 heavy (non-hydrogen) atoms. The maximum atomic E-state index is 12.9. The van der Waals surface area contributed by atoms with Gasteiger partial charge in [0.15, 0.2) is 0 Å². The van der Waals surface area contributed by atoms with Gasteiger partial charge in [-0.3, -0.25) is 9.52 Å². The summed E-state index contributed by atoms with van der Waals surface area (Å²) in [6.45, 7) is 0.321. The Morgan fingerprint density at radius 3 is 2.64 bits per heavy atom. The van der Waals surface area contributed by atoms with Crippen molar-refractivity contribution in [1.82, 2.24) is 24.8 Å². The summed E-state index contributed by atoms with van der Waals surface area (Å²) in [4.78, 5) is 27.1. The SMILES string of the molecule is O=C(Nc1cccc(C#Cc2cnc(Nc3cnn(C[C@@H](O)CO)c3)nc2)c1)N1OCC[C@H]1c1ccccc1. The predicted molar refractivity (Wildman–Crippen MR) is 144 cm³/mol. The molecule has 4 aromatic rings. The Hall–Kier alpha value is -4.76. The number of hydroxylamine groups is 2. The number of hydrogen-bond donors (Lipinski definition) is 4. The smallest absolute Gasteiger partial charge is 0.346 e. The number of hydrogen-bond acceptors (Lipinski definition) is 8. The summed E-state index contributed by atoms with van der Waals surface area (Å²) < 4.78 is 1.51. The molecule has 5 rings (SSSR count). The summed E-state index contributed by atoms with van der Waals surface area (Å²) in [6, 6.07) is 16.6. The minimum atomic E-state index is -0.880. The van der Waals surface area contributed by atoms with Gasteiger partial charge in [0.1, 0.15) is 0 Å². The van der Waals surface area contributed by atoms with Crippen LogP contribution in [0.3, 0.4) is 0 Å². The molecule has 3 heterocycles. The highest BCUT2D eigenvalue weighted by Gasteiger charge is 2.31. The van der Waals surface area contributed by atoms with Crippen LogP contribution in [0.5, 0.6) is 0 Å². The van der Waals surface area contributed by atoms with E-state index in [4.69, 9.17) is 9.94 Å². The third-order valence-electron chi connectivity index (χ3n) is 5.90. The van der Waals surface area contributed by atoms with Gasteiger partial charge >= 0.3 is 6.03 Å². The van der Waals surface area contributed by atoms with Crippen LogP contribution in [0, 0.1) is 11.8 Å². The third-order valence-corrected chi connectivity index (χ3v) is 5.90. The molecule has 2 aromatic heterocycles. The maximum Gasteiger partial charge on any atom is 0.346 e. The number of aromatic nitrogens is 4. The number of carbonyl (C=O) groups is 1. The van der Waals surface area contributed by atoms with E-state index in [-0.39, 0.29) is 25.2 Å². The lowest BCUT2D eigenvalue weighted by Gasteiger charge is -2.23.